The van der Waals surface area contributed by atoms with Crippen LogP contribution in [0, 0.1) is 0 Å². The molecule has 90 valence electrons. The number of hydrogen-bond donors (Lipinski definition) is 4. The third-order valence-electron chi connectivity index (χ3n) is 2.66. The molecule has 0 bridgehead atoms. The summed E-state index contributed by atoms with van der Waals surface area (Å²) in [6.45, 7) is -0.297. The molecule has 0 radical (unpaired) electrons. The highest BCUT2D eigenvalue weighted by Crippen LogP contribution is 2.28. The SMILES string of the molecule is Nc1c(NC(CO)CO)ccc2cnccc12. The van der Waals surface area contributed by atoms with Gasteiger partial charge in [0.15, 0.2) is 0 Å². The van der Waals surface area contributed by atoms with Crippen molar-refractivity contribution in [3.05, 3.63) is 30.6 Å². The Labute approximate surface area is 98.9 Å². The number of rotatable bonds is 4. The number of aromatic nitrogens is 1. The standard InChI is InChI=1S/C12H15N3O2/c13-12-10-3-4-14-5-8(10)1-2-11(12)15-9(6-16)7-17/h1-5,9,15-17H,6-7,13H2. The highest BCUT2D eigenvalue weighted by atomic mass is 16.3. The number of benzene rings is 1. The van der Waals surface area contributed by atoms with Gasteiger partial charge in [-0.05, 0) is 12.1 Å². The molecule has 0 aliphatic rings. The summed E-state index contributed by atoms with van der Waals surface area (Å²) in [4.78, 5) is 4.02. The normalized spacial score (nSPS) is 11.0. The first-order chi connectivity index (χ1) is 8.26. The van der Waals surface area contributed by atoms with Gasteiger partial charge in [-0.3, -0.25) is 4.98 Å². The van der Waals surface area contributed by atoms with E-state index in [1.807, 2.05) is 18.2 Å². The molecule has 0 saturated carbocycles. The molecular weight excluding hydrogens is 218 g/mol. The second-order valence-electron chi connectivity index (χ2n) is 3.83. The second-order valence-corrected chi connectivity index (χ2v) is 3.83. The van der Waals surface area contributed by atoms with Gasteiger partial charge in [0.1, 0.15) is 0 Å². The summed E-state index contributed by atoms with van der Waals surface area (Å²) in [5.41, 5.74) is 7.32. The van der Waals surface area contributed by atoms with Crippen molar-refractivity contribution in [2.24, 2.45) is 0 Å². The Morgan fingerprint density at radius 1 is 1.24 bits per heavy atom. The van der Waals surface area contributed by atoms with Gasteiger partial charge in [0.25, 0.3) is 0 Å². The molecule has 0 aliphatic carbocycles. The van der Waals surface area contributed by atoms with Crippen LogP contribution in [0.5, 0.6) is 0 Å². The zero-order valence-corrected chi connectivity index (χ0v) is 9.30. The van der Waals surface area contributed by atoms with E-state index in [4.69, 9.17) is 15.9 Å². The van der Waals surface area contributed by atoms with Gasteiger partial charge in [0, 0.05) is 23.2 Å². The van der Waals surface area contributed by atoms with E-state index < -0.39 is 6.04 Å². The van der Waals surface area contributed by atoms with E-state index in [9.17, 15) is 0 Å². The summed E-state index contributed by atoms with van der Waals surface area (Å²) in [7, 11) is 0. The van der Waals surface area contributed by atoms with Crippen LogP contribution in [-0.4, -0.2) is 34.5 Å². The van der Waals surface area contributed by atoms with E-state index in [-0.39, 0.29) is 13.2 Å². The van der Waals surface area contributed by atoms with E-state index in [1.165, 1.54) is 0 Å². The molecule has 0 aliphatic heterocycles. The summed E-state index contributed by atoms with van der Waals surface area (Å²) in [5, 5.41) is 22.9. The Hall–Kier alpha value is -1.85. The summed E-state index contributed by atoms with van der Waals surface area (Å²) in [6, 6.07) is 5.14. The van der Waals surface area contributed by atoms with E-state index in [2.05, 4.69) is 10.3 Å². The predicted molar refractivity (Wildman–Crippen MR) is 67.7 cm³/mol. The molecule has 0 saturated heterocycles. The molecule has 0 fully saturated rings. The van der Waals surface area contributed by atoms with Crippen molar-refractivity contribution in [2.45, 2.75) is 6.04 Å². The average molecular weight is 233 g/mol. The number of nitrogens with one attached hydrogen (secondary N) is 1. The maximum absolute atomic E-state index is 9.02. The van der Waals surface area contributed by atoms with Gasteiger partial charge in [-0.15, -0.1) is 0 Å². The number of nitrogen functional groups attached to an aromatic ring is 1. The van der Waals surface area contributed by atoms with Gasteiger partial charge in [-0.1, -0.05) is 6.07 Å². The molecule has 17 heavy (non-hydrogen) atoms. The minimum Gasteiger partial charge on any atom is -0.397 e. The second kappa shape index (κ2) is 4.99. The first-order valence-corrected chi connectivity index (χ1v) is 5.36. The largest absolute Gasteiger partial charge is 0.397 e. The molecule has 5 N–H and O–H groups in total. The smallest absolute Gasteiger partial charge is 0.0723 e. The molecule has 0 atom stereocenters. The summed E-state index contributed by atoms with van der Waals surface area (Å²) < 4.78 is 0. The van der Waals surface area contributed by atoms with Gasteiger partial charge in [-0.2, -0.15) is 0 Å². The molecular formula is C12H15N3O2. The van der Waals surface area contributed by atoms with Crippen molar-refractivity contribution in [1.29, 1.82) is 0 Å². The Balaban J connectivity index is 2.38. The third kappa shape index (κ3) is 2.30. The molecule has 2 rings (SSSR count). The third-order valence-corrected chi connectivity index (χ3v) is 2.66. The predicted octanol–water partition coefficient (Wildman–Crippen LogP) is 0.582. The molecule has 2 aromatic rings. The summed E-state index contributed by atoms with van der Waals surface area (Å²) >= 11 is 0. The Morgan fingerprint density at radius 2 is 2.00 bits per heavy atom. The number of hydrogen-bond acceptors (Lipinski definition) is 5. The number of fused-ring (bicyclic) bond motifs is 1. The van der Waals surface area contributed by atoms with Crippen molar-refractivity contribution in [2.75, 3.05) is 24.3 Å². The molecule has 0 amide bonds. The molecule has 5 heteroatoms. The molecule has 1 aromatic carbocycles. The average Bonchev–Trinajstić information content (AvgIpc) is 2.38. The fourth-order valence-electron chi connectivity index (χ4n) is 1.69. The van der Waals surface area contributed by atoms with Gasteiger partial charge < -0.3 is 21.3 Å². The maximum Gasteiger partial charge on any atom is 0.0723 e. The van der Waals surface area contributed by atoms with Gasteiger partial charge >= 0.3 is 0 Å². The molecule has 1 aromatic heterocycles. The van der Waals surface area contributed by atoms with E-state index in [0.29, 0.717) is 11.4 Å². The lowest BCUT2D eigenvalue weighted by atomic mass is 10.1. The lowest BCUT2D eigenvalue weighted by molar-refractivity contribution is 0.204. The highest BCUT2D eigenvalue weighted by Gasteiger charge is 2.09. The number of pyridine rings is 1. The lowest BCUT2D eigenvalue weighted by Crippen LogP contribution is -2.28. The fraction of sp³-hybridized carbons (Fsp3) is 0.250. The van der Waals surface area contributed by atoms with Crippen LogP contribution in [0.25, 0.3) is 10.8 Å². The van der Waals surface area contributed by atoms with Crippen LogP contribution in [0.15, 0.2) is 30.6 Å². The van der Waals surface area contributed by atoms with Crippen molar-refractivity contribution in [3.63, 3.8) is 0 Å². The zero-order chi connectivity index (χ0) is 12.3. The van der Waals surface area contributed by atoms with Crippen LogP contribution < -0.4 is 11.1 Å². The lowest BCUT2D eigenvalue weighted by Gasteiger charge is -2.17. The van der Waals surface area contributed by atoms with Crippen LogP contribution in [0.1, 0.15) is 0 Å². The van der Waals surface area contributed by atoms with Crippen molar-refractivity contribution < 1.29 is 10.2 Å². The molecule has 5 nitrogen and oxygen atoms in total. The maximum atomic E-state index is 9.02. The number of nitrogens with zero attached hydrogens (tertiary/aromatic N) is 1. The highest BCUT2D eigenvalue weighted by molar-refractivity contribution is 5.98. The number of aliphatic hydroxyl groups excluding tert-OH is 2. The zero-order valence-electron chi connectivity index (χ0n) is 9.30. The monoisotopic (exact) mass is 233 g/mol. The van der Waals surface area contributed by atoms with Gasteiger partial charge in [-0.25, -0.2) is 0 Å². The van der Waals surface area contributed by atoms with E-state index in [0.717, 1.165) is 10.8 Å². The molecule has 0 unspecified atom stereocenters. The van der Waals surface area contributed by atoms with E-state index >= 15 is 0 Å². The van der Waals surface area contributed by atoms with Crippen LogP contribution in [0.3, 0.4) is 0 Å². The summed E-state index contributed by atoms with van der Waals surface area (Å²) in [6.07, 6.45) is 3.42. The minimum atomic E-state index is -0.406. The first kappa shape index (κ1) is 11.6. The quantitative estimate of drug-likeness (QED) is 0.580. The van der Waals surface area contributed by atoms with Crippen LogP contribution in [0.2, 0.25) is 0 Å². The Bertz CT molecular complexity index is 512. The van der Waals surface area contributed by atoms with Gasteiger partial charge in [0.05, 0.1) is 30.6 Å². The molecule has 1 heterocycles. The number of nitrogens with two attached hydrogens (primary N) is 1. The molecule has 0 spiro atoms. The first-order valence-electron chi connectivity index (χ1n) is 5.36. The summed E-state index contributed by atoms with van der Waals surface area (Å²) in [5.74, 6) is 0. The van der Waals surface area contributed by atoms with Crippen LogP contribution in [-0.2, 0) is 0 Å². The number of anilines is 2. The Morgan fingerprint density at radius 3 is 2.71 bits per heavy atom. The van der Waals surface area contributed by atoms with E-state index in [1.54, 1.807) is 12.4 Å². The van der Waals surface area contributed by atoms with Crippen molar-refractivity contribution in [3.8, 4) is 0 Å². The topological polar surface area (TPSA) is 91.4 Å². The minimum absolute atomic E-state index is 0.148. The number of aliphatic hydroxyl groups is 2. The van der Waals surface area contributed by atoms with Crippen molar-refractivity contribution >= 4 is 22.1 Å². The van der Waals surface area contributed by atoms with Crippen LogP contribution >= 0.6 is 0 Å². The van der Waals surface area contributed by atoms with Crippen molar-refractivity contribution in [1.82, 2.24) is 4.98 Å². The van der Waals surface area contributed by atoms with Gasteiger partial charge in [0.2, 0.25) is 0 Å². The fourth-order valence-corrected chi connectivity index (χ4v) is 1.69. The Kier molecular flexibility index (Phi) is 3.41. The van der Waals surface area contributed by atoms with Crippen LogP contribution in [0.4, 0.5) is 11.4 Å².